The molecule has 0 rings (SSSR count). The van der Waals surface area contributed by atoms with Crippen LogP contribution in [-0.4, -0.2) is 32.8 Å². The third-order valence-electron chi connectivity index (χ3n) is 3.94. The van der Waals surface area contributed by atoms with Gasteiger partial charge in [-0.3, -0.25) is 0 Å². The number of hydrogen-bond acceptors (Lipinski definition) is 2. The lowest BCUT2D eigenvalue weighted by Gasteiger charge is -2.28. The fourth-order valence-corrected chi connectivity index (χ4v) is 6.25. The summed E-state index contributed by atoms with van der Waals surface area (Å²) in [6.07, 6.45) is 0.947. The summed E-state index contributed by atoms with van der Waals surface area (Å²) in [6, 6.07) is 2.80. The third kappa shape index (κ3) is 5.20. The maximum absolute atomic E-state index is 12.6. The van der Waals surface area contributed by atoms with Crippen LogP contribution >= 0.6 is 0 Å². The van der Waals surface area contributed by atoms with Gasteiger partial charge in [-0.25, -0.2) is 0 Å². The molecule has 0 aliphatic carbocycles. The molecule has 0 radical (unpaired) electrons. The summed E-state index contributed by atoms with van der Waals surface area (Å²) in [6.45, 7) is 16.7. The maximum Gasteiger partial charge on any atom is 0.139 e. The van der Waals surface area contributed by atoms with Gasteiger partial charge >= 0.3 is 0 Å². The molecule has 0 amide bonds. The van der Waals surface area contributed by atoms with Crippen LogP contribution in [0.4, 0.5) is 0 Å². The second-order valence-corrected chi connectivity index (χ2v) is 16.6. The smallest absolute Gasteiger partial charge is 0.139 e. The molecule has 1 atom stereocenters. The average Bonchev–Trinajstić information content (AvgIpc) is 2.36. The van der Waals surface area contributed by atoms with E-state index >= 15 is 0 Å². The molecule has 19 heavy (non-hydrogen) atoms. The molecule has 0 saturated carbocycles. The number of aliphatic hydroxyl groups is 1. The lowest BCUT2D eigenvalue weighted by atomic mass is 10.2. The van der Waals surface area contributed by atoms with Crippen molar-refractivity contribution in [3.8, 4) is 0 Å². The van der Waals surface area contributed by atoms with E-state index in [0.29, 0.717) is 5.57 Å². The van der Waals surface area contributed by atoms with Crippen molar-refractivity contribution in [1.29, 1.82) is 0 Å². The van der Waals surface area contributed by atoms with Gasteiger partial charge in [-0.1, -0.05) is 76.9 Å². The van der Waals surface area contributed by atoms with Crippen molar-refractivity contribution in [3.05, 3.63) is 23.9 Å². The molecule has 0 aromatic rings. The fourth-order valence-electron chi connectivity index (χ4n) is 2.20. The normalized spacial score (nSPS) is 14.7. The largest absolute Gasteiger partial charge is 0.384 e. The Labute approximate surface area is 120 Å². The van der Waals surface area contributed by atoms with E-state index in [2.05, 4.69) is 52.7 Å². The Hall–Kier alpha value is -0.456. The summed E-state index contributed by atoms with van der Waals surface area (Å²) in [5.41, 5.74) is 2.47. The highest BCUT2D eigenvalue weighted by atomic mass is 28.3. The first-order chi connectivity index (χ1) is 8.63. The molecular formula is C15H30O2Si2. The monoisotopic (exact) mass is 298 g/mol. The standard InChI is InChI=1S/C15H30O2Si2/c1-8-19(9-2,10-3)15(17)13(4)14(16)11-12-18(5,6)7/h11-12,14,16H,4,8-10H2,1-3,5-7H3. The summed E-state index contributed by atoms with van der Waals surface area (Å²) in [4.78, 5) is 12.6. The van der Waals surface area contributed by atoms with E-state index in [0.717, 1.165) is 18.1 Å². The van der Waals surface area contributed by atoms with Gasteiger partial charge in [-0.15, -0.1) is 0 Å². The van der Waals surface area contributed by atoms with E-state index in [1.807, 2.05) is 0 Å². The second-order valence-electron chi connectivity index (χ2n) is 6.37. The van der Waals surface area contributed by atoms with E-state index < -0.39 is 22.3 Å². The molecule has 4 heteroatoms. The van der Waals surface area contributed by atoms with E-state index in [1.54, 1.807) is 6.08 Å². The Morgan fingerprint density at radius 3 is 1.89 bits per heavy atom. The predicted octanol–water partition coefficient (Wildman–Crippen LogP) is 3.95. The van der Waals surface area contributed by atoms with Crippen molar-refractivity contribution in [2.75, 3.05) is 0 Å². The van der Waals surface area contributed by atoms with Crippen molar-refractivity contribution >= 4 is 21.6 Å². The van der Waals surface area contributed by atoms with E-state index in [4.69, 9.17) is 0 Å². The Morgan fingerprint density at radius 2 is 1.58 bits per heavy atom. The molecule has 0 saturated heterocycles. The molecule has 0 aliphatic heterocycles. The molecule has 0 heterocycles. The summed E-state index contributed by atoms with van der Waals surface area (Å²) in [5, 5.41) is 10.3. The van der Waals surface area contributed by atoms with Gasteiger partial charge in [0.25, 0.3) is 0 Å². The highest BCUT2D eigenvalue weighted by Crippen LogP contribution is 2.25. The highest BCUT2D eigenvalue weighted by Gasteiger charge is 2.38. The van der Waals surface area contributed by atoms with Crippen molar-refractivity contribution in [2.24, 2.45) is 0 Å². The van der Waals surface area contributed by atoms with Crippen LogP contribution in [0.1, 0.15) is 20.8 Å². The van der Waals surface area contributed by atoms with E-state index in [1.165, 1.54) is 0 Å². The van der Waals surface area contributed by atoms with Gasteiger partial charge in [-0.05, 0) is 0 Å². The lowest BCUT2D eigenvalue weighted by Crippen LogP contribution is -2.44. The fraction of sp³-hybridized carbons (Fsp3) is 0.667. The van der Waals surface area contributed by atoms with Crippen molar-refractivity contribution in [2.45, 2.75) is 64.6 Å². The minimum absolute atomic E-state index is 0.160. The predicted molar refractivity (Wildman–Crippen MR) is 89.8 cm³/mol. The Morgan fingerprint density at radius 1 is 1.16 bits per heavy atom. The summed E-state index contributed by atoms with van der Waals surface area (Å²) in [5.74, 6) is 0. The van der Waals surface area contributed by atoms with Crippen LogP contribution < -0.4 is 0 Å². The third-order valence-corrected chi connectivity index (χ3v) is 10.5. The Bertz CT molecular complexity index is 341. The van der Waals surface area contributed by atoms with Crippen LogP contribution in [0.25, 0.3) is 0 Å². The molecule has 0 fully saturated rings. The SMILES string of the molecule is C=C(C(=O)[Si](CC)(CC)CC)C(O)C=C[Si](C)(C)C. The van der Waals surface area contributed by atoms with Crippen LogP contribution in [0.15, 0.2) is 23.9 Å². The van der Waals surface area contributed by atoms with Crippen molar-refractivity contribution in [1.82, 2.24) is 0 Å². The summed E-state index contributed by atoms with van der Waals surface area (Å²) in [7, 11) is -3.30. The minimum Gasteiger partial charge on any atom is -0.384 e. The maximum atomic E-state index is 12.6. The van der Waals surface area contributed by atoms with E-state index in [-0.39, 0.29) is 5.41 Å². The Kier molecular flexibility index (Phi) is 7.18. The molecule has 0 bridgehead atoms. The Balaban J connectivity index is 5.01. The van der Waals surface area contributed by atoms with Gasteiger partial charge < -0.3 is 9.90 Å². The van der Waals surface area contributed by atoms with Gasteiger partial charge in [-0.2, -0.15) is 0 Å². The zero-order valence-electron chi connectivity index (χ0n) is 13.4. The van der Waals surface area contributed by atoms with Crippen LogP contribution in [0.3, 0.4) is 0 Å². The minimum atomic E-state index is -1.94. The molecule has 1 unspecified atom stereocenters. The summed E-state index contributed by atoms with van der Waals surface area (Å²) < 4.78 is 0. The molecule has 0 aliphatic rings. The molecule has 110 valence electrons. The quantitative estimate of drug-likeness (QED) is 0.544. The van der Waals surface area contributed by atoms with Crippen LogP contribution in [0.2, 0.25) is 37.8 Å². The van der Waals surface area contributed by atoms with Crippen molar-refractivity contribution < 1.29 is 9.90 Å². The molecular weight excluding hydrogens is 268 g/mol. The summed E-state index contributed by atoms with van der Waals surface area (Å²) >= 11 is 0. The first-order valence-corrected chi connectivity index (χ1v) is 13.4. The van der Waals surface area contributed by atoms with Crippen LogP contribution in [0, 0.1) is 0 Å². The molecule has 0 aromatic carbocycles. The number of hydrogen-bond donors (Lipinski definition) is 1. The molecule has 0 spiro atoms. The number of rotatable bonds is 8. The first kappa shape index (κ1) is 18.5. The van der Waals surface area contributed by atoms with E-state index in [9.17, 15) is 9.90 Å². The number of aliphatic hydroxyl groups excluding tert-OH is 1. The first-order valence-electron chi connectivity index (χ1n) is 7.24. The zero-order valence-corrected chi connectivity index (χ0v) is 15.4. The molecule has 1 N–H and O–H groups in total. The lowest BCUT2D eigenvalue weighted by molar-refractivity contribution is -0.110. The van der Waals surface area contributed by atoms with Gasteiger partial charge in [0.15, 0.2) is 0 Å². The molecule has 2 nitrogen and oxygen atoms in total. The van der Waals surface area contributed by atoms with Gasteiger partial charge in [0, 0.05) is 5.57 Å². The highest BCUT2D eigenvalue weighted by molar-refractivity contribution is 7.07. The van der Waals surface area contributed by atoms with Gasteiger partial charge in [0.2, 0.25) is 0 Å². The van der Waals surface area contributed by atoms with Gasteiger partial charge in [0.1, 0.15) is 13.5 Å². The topological polar surface area (TPSA) is 37.3 Å². The number of carbonyl (C=O) groups excluding carboxylic acids is 1. The number of carbonyl (C=O) groups is 1. The zero-order chi connectivity index (χ0) is 15.3. The van der Waals surface area contributed by atoms with Crippen molar-refractivity contribution in [3.63, 3.8) is 0 Å². The molecule has 0 aromatic heterocycles. The van der Waals surface area contributed by atoms with Crippen LogP contribution in [0.5, 0.6) is 0 Å². The second kappa shape index (κ2) is 7.36. The van der Waals surface area contributed by atoms with Crippen LogP contribution in [-0.2, 0) is 4.79 Å². The van der Waals surface area contributed by atoms with Gasteiger partial charge in [0.05, 0.1) is 14.2 Å². The average molecular weight is 299 g/mol.